The molecule has 0 atom stereocenters. The number of ether oxygens (including phenoxy) is 1. The van der Waals surface area contributed by atoms with E-state index in [1.807, 2.05) is 49.4 Å². The molecule has 11 nitrogen and oxygen atoms in total. The Balaban J connectivity index is 1.67. The maximum Gasteiger partial charge on any atom is 0.292 e. The van der Waals surface area contributed by atoms with Crippen molar-refractivity contribution in [3.8, 4) is 22.8 Å². The minimum absolute atomic E-state index is 0.0345. The zero-order valence-electron chi connectivity index (χ0n) is 16.5. The van der Waals surface area contributed by atoms with Crippen molar-refractivity contribution in [3.63, 3.8) is 0 Å². The third-order valence-corrected chi connectivity index (χ3v) is 4.22. The van der Waals surface area contributed by atoms with Crippen LogP contribution in [0.5, 0.6) is 5.75 Å². The summed E-state index contributed by atoms with van der Waals surface area (Å²) in [6, 6.07) is 16.5. The quantitative estimate of drug-likeness (QED) is 0.342. The number of para-hydroxylation sites is 1. The minimum Gasteiger partial charge on any atom is -0.493 e. The third-order valence-electron chi connectivity index (χ3n) is 4.22. The van der Waals surface area contributed by atoms with Gasteiger partial charge in [-0.25, -0.2) is 10.1 Å². The van der Waals surface area contributed by atoms with Crippen LogP contribution in [0.3, 0.4) is 0 Å². The fourth-order valence-corrected chi connectivity index (χ4v) is 2.85. The number of rotatable bonds is 7. The summed E-state index contributed by atoms with van der Waals surface area (Å²) in [7, 11) is 0. The highest BCUT2D eigenvalue weighted by Gasteiger charge is 2.25. The number of hydrogen-bond acceptors (Lipinski definition) is 9. The summed E-state index contributed by atoms with van der Waals surface area (Å²) >= 11 is 0. The van der Waals surface area contributed by atoms with Crippen molar-refractivity contribution in [2.24, 2.45) is 5.10 Å². The zero-order chi connectivity index (χ0) is 21.6. The molecule has 4 rings (SSSR count). The van der Waals surface area contributed by atoms with Crippen molar-refractivity contribution in [3.05, 3.63) is 65.9 Å². The summed E-state index contributed by atoms with van der Waals surface area (Å²) in [5.74, 6) is 0.0933. The van der Waals surface area contributed by atoms with Gasteiger partial charge in [0, 0.05) is 11.1 Å². The van der Waals surface area contributed by atoms with Gasteiger partial charge < -0.3 is 10.5 Å². The monoisotopic (exact) mass is 418 g/mol. The van der Waals surface area contributed by atoms with Crippen molar-refractivity contribution in [2.75, 3.05) is 12.3 Å². The highest BCUT2D eigenvalue weighted by molar-refractivity contribution is 5.99. The Kier molecular flexibility index (Phi) is 5.65. The molecule has 11 heteroatoms. The predicted octanol–water partition coefficient (Wildman–Crippen LogP) is 2.06. The van der Waals surface area contributed by atoms with Crippen molar-refractivity contribution in [1.82, 2.24) is 30.7 Å². The normalized spacial score (nSPS) is 11.0. The number of carbonyl (C=O) groups excluding carboxylic acids is 1. The number of nitrogens with one attached hydrogen (secondary N) is 1. The number of nitrogens with zero attached hydrogens (tertiary/aromatic N) is 6. The molecule has 3 N–H and O–H groups in total. The van der Waals surface area contributed by atoms with Gasteiger partial charge in [-0.2, -0.15) is 9.78 Å². The van der Waals surface area contributed by atoms with Gasteiger partial charge in [-0.1, -0.05) is 47.7 Å². The first-order valence-corrected chi connectivity index (χ1v) is 9.33. The molecule has 156 valence electrons. The van der Waals surface area contributed by atoms with Crippen LogP contribution in [0.4, 0.5) is 5.82 Å². The standard InChI is InChI=1S/C20H18N8O3/c1-2-30-15-11-7-6-10-14(15)12-22-24-20(29)17-16(13-8-4-3-5-9-13)23-27-28(17)19-18(21)25-31-26-19/h3-12H,2H2,1H3,(H2,21,25)(H,24,29)/b22-12+. The van der Waals surface area contributed by atoms with Crippen LogP contribution >= 0.6 is 0 Å². The molecule has 0 spiro atoms. The number of aromatic nitrogens is 5. The SMILES string of the molecule is CCOc1ccccc1/C=N/NC(=O)c1c(-c2ccccc2)nnn1-c1nonc1N. The summed E-state index contributed by atoms with van der Waals surface area (Å²) < 4.78 is 11.4. The minimum atomic E-state index is -0.573. The van der Waals surface area contributed by atoms with Crippen molar-refractivity contribution >= 4 is 17.9 Å². The molecule has 0 saturated carbocycles. The second-order valence-electron chi connectivity index (χ2n) is 6.21. The Morgan fingerprint density at radius 3 is 2.71 bits per heavy atom. The average Bonchev–Trinajstić information content (AvgIpc) is 3.41. The Hall–Kier alpha value is -4.54. The highest BCUT2D eigenvalue weighted by atomic mass is 16.6. The molecule has 0 aliphatic carbocycles. The molecule has 0 aliphatic rings. The van der Waals surface area contributed by atoms with Gasteiger partial charge in [-0.15, -0.1) is 5.10 Å². The van der Waals surface area contributed by atoms with Gasteiger partial charge in [0.2, 0.25) is 11.6 Å². The van der Waals surface area contributed by atoms with Gasteiger partial charge in [0.1, 0.15) is 11.4 Å². The van der Waals surface area contributed by atoms with Crippen LogP contribution in [0.1, 0.15) is 23.0 Å². The summed E-state index contributed by atoms with van der Waals surface area (Å²) in [5, 5.41) is 19.4. The number of anilines is 1. The summed E-state index contributed by atoms with van der Waals surface area (Å²) in [4.78, 5) is 13.1. The molecule has 0 aliphatic heterocycles. The van der Waals surface area contributed by atoms with Crippen molar-refractivity contribution in [1.29, 1.82) is 0 Å². The molecule has 2 aromatic carbocycles. The molecule has 31 heavy (non-hydrogen) atoms. The smallest absolute Gasteiger partial charge is 0.292 e. The second kappa shape index (κ2) is 8.86. The zero-order valence-corrected chi connectivity index (χ0v) is 16.5. The summed E-state index contributed by atoms with van der Waals surface area (Å²) in [6.45, 7) is 2.40. The van der Waals surface area contributed by atoms with E-state index in [0.717, 1.165) is 4.68 Å². The lowest BCUT2D eigenvalue weighted by molar-refractivity contribution is 0.0947. The number of nitrogens with two attached hydrogens (primary N) is 1. The van der Waals surface area contributed by atoms with Crippen molar-refractivity contribution < 1.29 is 14.2 Å². The lowest BCUT2D eigenvalue weighted by Crippen LogP contribution is -2.22. The lowest BCUT2D eigenvalue weighted by atomic mass is 10.1. The van der Waals surface area contributed by atoms with Gasteiger partial charge in [-0.3, -0.25) is 4.79 Å². The Bertz CT molecular complexity index is 1220. The molecule has 0 saturated heterocycles. The number of hydrazone groups is 1. The molecule has 0 fully saturated rings. The maximum absolute atomic E-state index is 13.1. The fraction of sp³-hybridized carbons (Fsp3) is 0.100. The van der Waals surface area contributed by atoms with E-state index in [1.54, 1.807) is 12.1 Å². The number of amides is 1. The topological polar surface area (TPSA) is 146 Å². The van der Waals surface area contributed by atoms with Gasteiger partial charge in [-0.05, 0) is 29.4 Å². The molecule has 2 heterocycles. The molecule has 2 aromatic heterocycles. The van der Waals surface area contributed by atoms with Gasteiger partial charge in [0.15, 0.2) is 5.69 Å². The molecule has 1 amide bonds. The average molecular weight is 418 g/mol. The Morgan fingerprint density at radius 2 is 1.97 bits per heavy atom. The second-order valence-corrected chi connectivity index (χ2v) is 6.21. The van der Waals surface area contributed by atoms with E-state index in [9.17, 15) is 4.79 Å². The number of benzene rings is 2. The molecular formula is C20H18N8O3. The van der Waals surface area contributed by atoms with E-state index in [1.165, 1.54) is 6.21 Å². The predicted molar refractivity (Wildman–Crippen MR) is 112 cm³/mol. The maximum atomic E-state index is 13.1. The van der Waals surface area contributed by atoms with Crippen LogP contribution in [0.15, 0.2) is 64.3 Å². The first-order chi connectivity index (χ1) is 15.2. The van der Waals surface area contributed by atoms with Gasteiger partial charge in [0.25, 0.3) is 5.91 Å². The van der Waals surface area contributed by atoms with Crippen LogP contribution < -0.4 is 15.9 Å². The third kappa shape index (κ3) is 4.10. The van der Waals surface area contributed by atoms with Crippen LogP contribution in [0.2, 0.25) is 0 Å². The van der Waals surface area contributed by atoms with E-state index < -0.39 is 5.91 Å². The number of hydrogen-bond donors (Lipinski definition) is 2. The van der Waals surface area contributed by atoms with E-state index in [4.69, 9.17) is 10.5 Å². The molecule has 0 unspecified atom stereocenters. The van der Waals surface area contributed by atoms with E-state index in [-0.39, 0.29) is 17.3 Å². The molecule has 0 bridgehead atoms. The van der Waals surface area contributed by atoms with Crippen LogP contribution in [-0.4, -0.2) is 44.0 Å². The summed E-state index contributed by atoms with van der Waals surface area (Å²) in [6.07, 6.45) is 1.49. The van der Waals surface area contributed by atoms with Crippen LogP contribution in [-0.2, 0) is 0 Å². The van der Waals surface area contributed by atoms with Crippen LogP contribution in [0, 0.1) is 0 Å². The fourth-order valence-electron chi connectivity index (χ4n) is 2.85. The van der Waals surface area contributed by atoms with Crippen molar-refractivity contribution in [2.45, 2.75) is 6.92 Å². The Morgan fingerprint density at radius 1 is 1.19 bits per heavy atom. The summed E-state index contributed by atoms with van der Waals surface area (Å²) in [5.41, 5.74) is 10.1. The van der Waals surface area contributed by atoms with Crippen LogP contribution in [0.25, 0.3) is 17.1 Å². The Labute approximate surface area is 176 Å². The van der Waals surface area contributed by atoms with Gasteiger partial charge in [0.05, 0.1) is 12.8 Å². The van der Waals surface area contributed by atoms with E-state index in [2.05, 4.69) is 35.8 Å². The molecular weight excluding hydrogens is 400 g/mol. The molecule has 4 aromatic rings. The first-order valence-electron chi connectivity index (χ1n) is 9.33. The largest absolute Gasteiger partial charge is 0.493 e. The molecule has 0 radical (unpaired) electrons. The highest BCUT2D eigenvalue weighted by Crippen LogP contribution is 2.24. The number of nitrogen functional groups attached to an aromatic ring is 1. The van der Waals surface area contributed by atoms with Gasteiger partial charge >= 0.3 is 0 Å². The first kappa shape index (κ1) is 19.8. The lowest BCUT2D eigenvalue weighted by Gasteiger charge is -2.06. The number of carbonyl (C=O) groups is 1. The van der Waals surface area contributed by atoms with E-state index in [0.29, 0.717) is 29.2 Å². The van der Waals surface area contributed by atoms with E-state index >= 15 is 0 Å².